The van der Waals surface area contributed by atoms with Gasteiger partial charge in [-0.2, -0.15) is 0 Å². The van der Waals surface area contributed by atoms with Crippen LogP contribution in [0.25, 0.3) is 0 Å². The zero-order valence-corrected chi connectivity index (χ0v) is 9.57. The maximum Gasteiger partial charge on any atom is 0.139 e. The third-order valence-electron chi connectivity index (χ3n) is 3.74. The molecule has 0 saturated heterocycles. The van der Waals surface area contributed by atoms with Gasteiger partial charge >= 0.3 is 0 Å². The molecule has 1 aliphatic heterocycles. The second kappa shape index (κ2) is 3.35. The molecule has 0 aromatic heterocycles. The highest BCUT2D eigenvalue weighted by Gasteiger charge is 2.43. The zero-order chi connectivity index (χ0) is 10.3. The Kier molecular flexibility index (Phi) is 2.10. The number of hydrogen-bond acceptors (Lipinski definition) is 1. The zero-order valence-electron chi connectivity index (χ0n) is 8.67. The highest BCUT2D eigenvalue weighted by molar-refractivity contribution is 7.75. The Morgan fingerprint density at radius 1 is 1.13 bits per heavy atom. The van der Waals surface area contributed by atoms with Crippen LogP contribution in [0.5, 0.6) is 0 Å². The summed E-state index contributed by atoms with van der Waals surface area (Å²) in [4.78, 5) is 0. The summed E-state index contributed by atoms with van der Waals surface area (Å²) in [6.07, 6.45) is 5.82. The highest BCUT2D eigenvalue weighted by Crippen LogP contribution is 2.63. The minimum atomic E-state index is -2.21. The van der Waals surface area contributed by atoms with Crippen molar-refractivity contribution in [3.63, 3.8) is 0 Å². The van der Waals surface area contributed by atoms with Crippen LogP contribution in [0.4, 0.5) is 0 Å². The lowest BCUT2D eigenvalue weighted by atomic mass is 10.1. The van der Waals surface area contributed by atoms with Gasteiger partial charge in [-0.15, -0.1) is 0 Å². The van der Waals surface area contributed by atoms with E-state index >= 15 is 0 Å². The summed E-state index contributed by atoms with van der Waals surface area (Å²) in [6, 6.07) is 10.0. The molecule has 1 saturated carbocycles. The predicted molar refractivity (Wildman–Crippen MR) is 64.0 cm³/mol. The SMILES string of the molecule is O=P1(c2ccccc2)C=C[C@@H]2CCC[C@@H]21. The second-order valence-corrected chi connectivity index (χ2v) is 7.45. The Morgan fingerprint density at radius 3 is 2.73 bits per heavy atom. The predicted octanol–water partition coefficient (Wildman–Crippen LogP) is 3.37. The van der Waals surface area contributed by atoms with Crippen LogP contribution in [0.2, 0.25) is 0 Å². The van der Waals surface area contributed by atoms with Crippen LogP contribution in [0, 0.1) is 5.92 Å². The number of allylic oxidation sites excluding steroid dienone is 1. The molecule has 0 spiro atoms. The fraction of sp³-hybridized carbons (Fsp3) is 0.385. The van der Waals surface area contributed by atoms with Crippen molar-refractivity contribution in [3.05, 3.63) is 42.2 Å². The normalized spacial score (nSPS) is 38.1. The lowest BCUT2D eigenvalue weighted by Crippen LogP contribution is -2.14. The maximum atomic E-state index is 12.9. The van der Waals surface area contributed by atoms with Crippen molar-refractivity contribution in [1.29, 1.82) is 0 Å². The maximum absolute atomic E-state index is 12.9. The van der Waals surface area contributed by atoms with Gasteiger partial charge in [0.25, 0.3) is 0 Å². The van der Waals surface area contributed by atoms with Crippen LogP contribution in [0.1, 0.15) is 19.3 Å². The number of benzene rings is 1. The quantitative estimate of drug-likeness (QED) is 0.660. The fourth-order valence-electron chi connectivity index (χ4n) is 2.96. The van der Waals surface area contributed by atoms with Crippen LogP contribution in [-0.4, -0.2) is 5.66 Å². The molecule has 1 fully saturated rings. The summed E-state index contributed by atoms with van der Waals surface area (Å²) in [5, 5.41) is 1.05. The molecule has 1 heterocycles. The molecule has 1 unspecified atom stereocenters. The second-order valence-electron chi connectivity index (χ2n) is 4.55. The molecule has 3 atom stereocenters. The van der Waals surface area contributed by atoms with Gasteiger partial charge < -0.3 is 4.57 Å². The molecular weight excluding hydrogens is 203 g/mol. The summed E-state index contributed by atoms with van der Waals surface area (Å²) in [5.74, 6) is 2.60. The van der Waals surface area contributed by atoms with E-state index in [4.69, 9.17) is 0 Å². The molecule has 1 nitrogen and oxygen atoms in total. The molecule has 0 amide bonds. The lowest BCUT2D eigenvalue weighted by Gasteiger charge is -2.19. The molecule has 0 N–H and O–H groups in total. The Labute approximate surface area is 90.6 Å². The summed E-state index contributed by atoms with van der Waals surface area (Å²) >= 11 is 0. The smallest absolute Gasteiger partial charge is 0.139 e. The van der Waals surface area contributed by atoms with Crippen LogP contribution in [0.15, 0.2) is 42.2 Å². The first-order valence-electron chi connectivity index (χ1n) is 5.65. The van der Waals surface area contributed by atoms with Crippen molar-refractivity contribution in [1.82, 2.24) is 0 Å². The molecule has 0 bridgehead atoms. The van der Waals surface area contributed by atoms with Crippen LogP contribution >= 0.6 is 7.14 Å². The fourth-order valence-corrected chi connectivity index (χ4v) is 6.23. The van der Waals surface area contributed by atoms with Crippen molar-refractivity contribution >= 4 is 12.4 Å². The summed E-state index contributed by atoms with van der Waals surface area (Å²) < 4.78 is 12.9. The molecule has 3 rings (SSSR count). The molecule has 1 aromatic rings. The molecule has 2 heteroatoms. The first kappa shape index (κ1) is 9.42. The Bertz CT molecular complexity index is 435. The minimum Gasteiger partial charge on any atom is -0.314 e. The van der Waals surface area contributed by atoms with Crippen molar-refractivity contribution < 1.29 is 4.57 Å². The average Bonchev–Trinajstić information content (AvgIpc) is 2.85. The topological polar surface area (TPSA) is 17.1 Å². The van der Waals surface area contributed by atoms with Crippen LogP contribution in [-0.2, 0) is 4.57 Å². The van der Waals surface area contributed by atoms with Gasteiger partial charge in [0.2, 0.25) is 0 Å². The molecule has 2 aliphatic rings. The van der Waals surface area contributed by atoms with E-state index in [9.17, 15) is 4.57 Å². The number of hydrogen-bond donors (Lipinski definition) is 0. The Hall–Kier alpha value is -0.810. The van der Waals surface area contributed by atoms with Gasteiger partial charge in [-0.05, 0) is 24.6 Å². The van der Waals surface area contributed by atoms with Gasteiger partial charge in [0.15, 0.2) is 0 Å². The van der Waals surface area contributed by atoms with E-state index in [1.165, 1.54) is 12.8 Å². The van der Waals surface area contributed by atoms with Crippen molar-refractivity contribution in [2.24, 2.45) is 5.92 Å². The van der Waals surface area contributed by atoms with E-state index in [2.05, 4.69) is 6.08 Å². The summed E-state index contributed by atoms with van der Waals surface area (Å²) in [5.41, 5.74) is 0.417. The molecule has 1 aromatic carbocycles. The Morgan fingerprint density at radius 2 is 1.93 bits per heavy atom. The van der Waals surface area contributed by atoms with Gasteiger partial charge in [-0.1, -0.05) is 42.8 Å². The first-order chi connectivity index (χ1) is 7.31. The average molecular weight is 218 g/mol. The van der Waals surface area contributed by atoms with Crippen molar-refractivity contribution in [2.75, 3.05) is 0 Å². The Balaban J connectivity index is 2.05. The van der Waals surface area contributed by atoms with Gasteiger partial charge in [0, 0.05) is 11.0 Å². The first-order valence-corrected chi connectivity index (χ1v) is 7.49. The molecule has 0 radical (unpaired) electrons. The van der Waals surface area contributed by atoms with Crippen LogP contribution < -0.4 is 5.30 Å². The van der Waals surface area contributed by atoms with E-state index in [-0.39, 0.29) is 0 Å². The molecule has 1 aliphatic carbocycles. The van der Waals surface area contributed by atoms with Crippen LogP contribution in [0.3, 0.4) is 0 Å². The monoisotopic (exact) mass is 218 g/mol. The van der Waals surface area contributed by atoms with E-state index in [0.29, 0.717) is 11.6 Å². The summed E-state index contributed by atoms with van der Waals surface area (Å²) in [6.45, 7) is 0. The molecule has 15 heavy (non-hydrogen) atoms. The summed E-state index contributed by atoms with van der Waals surface area (Å²) in [7, 11) is -2.21. The van der Waals surface area contributed by atoms with Gasteiger partial charge in [0.1, 0.15) is 7.14 Å². The van der Waals surface area contributed by atoms with Crippen molar-refractivity contribution in [3.8, 4) is 0 Å². The van der Waals surface area contributed by atoms with Crippen molar-refractivity contribution in [2.45, 2.75) is 24.9 Å². The highest BCUT2D eigenvalue weighted by atomic mass is 31.2. The van der Waals surface area contributed by atoms with Gasteiger partial charge in [-0.25, -0.2) is 0 Å². The van der Waals surface area contributed by atoms with Gasteiger partial charge in [-0.3, -0.25) is 0 Å². The minimum absolute atomic E-state index is 0.417. The molecular formula is C13H15OP. The van der Waals surface area contributed by atoms with E-state index < -0.39 is 7.14 Å². The third-order valence-corrected chi connectivity index (χ3v) is 7.09. The standard InChI is InChI=1S/C13H15OP/c14-15(12-6-2-1-3-7-12)10-9-11-5-4-8-13(11)15/h1-3,6-7,9-11,13H,4-5,8H2/t11-,13-,15?/m0/s1. The van der Waals surface area contributed by atoms with Gasteiger partial charge in [0.05, 0.1) is 0 Å². The number of fused-ring (bicyclic) bond motifs is 1. The van der Waals surface area contributed by atoms with E-state index in [1.807, 2.05) is 36.1 Å². The largest absolute Gasteiger partial charge is 0.314 e. The third kappa shape index (κ3) is 1.33. The molecule has 78 valence electrons. The van der Waals surface area contributed by atoms with E-state index in [0.717, 1.165) is 11.7 Å². The number of rotatable bonds is 1. The van der Waals surface area contributed by atoms with E-state index in [1.54, 1.807) is 0 Å². The lowest BCUT2D eigenvalue weighted by molar-refractivity contribution is 0.571.